The molecule has 3 nitrogen and oxygen atoms in total. The Morgan fingerprint density at radius 2 is 2.00 bits per heavy atom. The number of hydrogen-bond acceptors (Lipinski definition) is 2. The van der Waals surface area contributed by atoms with Crippen molar-refractivity contribution >= 4 is 37.6 Å². The Balaban J connectivity index is 1.87. The molecule has 0 saturated heterocycles. The highest BCUT2D eigenvalue weighted by atomic mass is 79.9. The first-order valence-electron chi connectivity index (χ1n) is 6.94. The van der Waals surface area contributed by atoms with E-state index < -0.39 is 10.0 Å². The molecule has 112 valence electrons. The van der Waals surface area contributed by atoms with Crippen LogP contribution in [0, 0.1) is 5.92 Å². The van der Waals surface area contributed by atoms with Crippen molar-refractivity contribution in [3.8, 4) is 0 Å². The summed E-state index contributed by atoms with van der Waals surface area (Å²) < 4.78 is 27.7. The molecule has 1 aromatic carbocycles. The van der Waals surface area contributed by atoms with Gasteiger partial charge in [0.05, 0.1) is 5.02 Å². The SMILES string of the molecule is O=S(=O)(NCCCC1CCCC1)c1ccc(Br)cc1Cl. The van der Waals surface area contributed by atoms with Crippen molar-refractivity contribution in [1.82, 2.24) is 4.72 Å². The molecular weight excluding hydrogens is 362 g/mol. The van der Waals surface area contributed by atoms with Gasteiger partial charge in [0.25, 0.3) is 0 Å². The Morgan fingerprint density at radius 1 is 1.30 bits per heavy atom. The third kappa shape index (κ3) is 4.45. The van der Waals surface area contributed by atoms with Crippen molar-refractivity contribution in [1.29, 1.82) is 0 Å². The van der Waals surface area contributed by atoms with Crippen molar-refractivity contribution in [3.05, 3.63) is 27.7 Å². The number of rotatable bonds is 6. The summed E-state index contributed by atoms with van der Waals surface area (Å²) in [5.74, 6) is 0.788. The maximum atomic E-state index is 12.1. The normalized spacial score (nSPS) is 16.7. The van der Waals surface area contributed by atoms with E-state index in [1.54, 1.807) is 12.1 Å². The van der Waals surface area contributed by atoms with Gasteiger partial charge in [0.15, 0.2) is 0 Å². The zero-order valence-corrected chi connectivity index (χ0v) is 14.4. The zero-order valence-electron chi connectivity index (χ0n) is 11.2. The van der Waals surface area contributed by atoms with Gasteiger partial charge >= 0.3 is 0 Å². The van der Waals surface area contributed by atoms with Crippen LogP contribution in [0.3, 0.4) is 0 Å². The summed E-state index contributed by atoms with van der Waals surface area (Å²) in [6.45, 7) is 0.477. The molecule has 0 aromatic heterocycles. The average Bonchev–Trinajstić information content (AvgIpc) is 2.87. The minimum atomic E-state index is -3.51. The van der Waals surface area contributed by atoms with Crippen molar-refractivity contribution < 1.29 is 8.42 Å². The molecule has 0 atom stereocenters. The first-order chi connectivity index (χ1) is 9.49. The number of sulfonamides is 1. The van der Waals surface area contributed by atoms with Gasteiger partial charge in [-0.25, -0.2) is 13.1 Å². The van der Waals surface area contributed by atoms with E-state index in [4.69, 9.17) is 11.6 Å². The standard InChI is InChI=1S/C14H19BrClNO2S/c15-12-7-8-14(13(16)10-12)20(18,19)17-9-3-6-11-4-1-2-5-11/h7-8,10-11,17H,1-6,9H2. The zero-order chi connectivity index (χ0) is 14.6. The van der Waals surface area contributed by atoms with Crippen molar-refractivity contribution in [2.45, 2.75) is 43.4 Å². The molecule has 0 amide bonds. The first-order valence-corrected chi connectivity index (χ1v) is 9.59. The molecule has 1 fully saturated rings. The molecule has 1 N–H and O–H groups in total. The number of hydrogen-bond donors (Lipinski definition) is 1. The van der Waals surface area contributed by atoms with E-state index >= 15 is 0 Å². The molecule has 1 saturated carbocycles. The summed E-state index contributed by atoms with van der Waals surface area (Å²) in [5.41, 5.74) is 0. The lowest BCUT2D eigenvalue weighted by Gasteiger charge is -2.11. The van der Waals surface area contributed by atoms with Crippen LogP contribution in [0.1, 0.15) is 38.5 Å². The van der Waals surface area contributed by atoms with E-state index in [0.717, 1.165) is 23.2 Å². The summed E-state index contributed by atoms with van der Waals surface area (Å²) >= 11 is 9.25. The fourth-order valence-electron chi connectivity index (χ4n) is 2.67. The van der Waals surface area contributed by atoms with Crippen LogP contribution in [0.2, 0.25) is 5.02 Å². The van der Waals surface area contributed by atoms with Gasteiger partial charge in [-0.2, -0.15) is 0 Å². The van der Waals surface area contributed by atoms with Crippen LogP contribution in [0.25, 0.3) is 0 Å². The monoisotopic (exact) mass is 379 g/mol. The second kappa shape index (κ2) is 7.25. The number of nitrogens with one attached hydrogen (secondary N) is 1. The molecule has 1 aliphatic carbocycles. The third-order valence-electron chi connectivity index (χ3n) is 3.74. The van der Waals surface area contributed by atoms with E-state index in [1.165, 1.54) is 31.7 Å². The van der Waals surface area contributed by atoms with Crippen LogP contribution in [0.15, 0.2) is 27.6 Å². The van der Waals surface area contributed by atoms with Crippen molar-refractivity contribution in [2.75, 3.05) is 6.54 Å². The smallest absolute Gasteiger partial charge is 0.211 e. The molecule has 0 radical (unpaired) electrons. The summed E-state index contributed by atoms with van der Waals surface area (Å²) in [5, 5.41) is 0.239. The topological polar surface area (TPSA) is 46.2 Å². The Morgan fingerprint density at radius 3 is 2.65 bits per heavy atom. The van der Waals surface area contributed by atoms with Gasteiger partial charge in [-0.3, -0.25) is 0 Å². The molecule has 0 aliphatic heterocycles. The minimum Gasteiger partial charge on any atom is -0.211 e. The largest absolute Gasteiger partial charge is 0.242 e. The quantitative estimate of drug-likeness (QED) is 0.746. The lowest BCUT2D eigenvalue weighted by atomic mass is 10.0. The molecule has 2 rings (SSSR count). The summed E-state index contributed by atoms with van der Waals surface area (Å²) in [6, 6.07) is 4.79. The van der Waals surface area contributed by atoms with Crippen LogP contribution in [-0.2, 0) is 10.0 Å². The highest BCUT2D eigenvalue weighted by Crippen LogP contribution is 2.28. The van der Waals surface area contributed by atoms with Gasteiger partial charge in [0.2, 0.25) is 10.0 Å². The predicted octanol–water partition coefficient (Wildman–Crippen LogP) is 4.35. The summed E-state index contributed by atoms with van der Waals surface area (Å²) in [4.78, 5) is 0.142. The average molecular weight is 381 g/mol. The van der Waals surface area contributed by atoms with Crippen molar-refractivity contribution in [2.24, 2.45) is 5.92 Å². The van der Waals surface area contributed by atoms with Gasteiger partial charge in [0.1, 0.15) is 4.90 Å². The fourth-order valence-corrected chi connectivity index (χ4v) is 4.78. The molecule has 0 spiro atoms. The Labute approximate surface area is 134 Å². The molecule has 6 heteroatoms. The van der Waals surface area contributed by atoms with Gasteiger partial charge in [-0.1, -0.05) is 53.2 Å². The Hall–Kier alpha value is -0.100. The Kier molecular flexibility index (Phi) is 5.90. The van der Waals surface area contributed by atoms with E-state index in [9.17, 15) is 8.42 Å². The molecular formula is C14H19BrClNO2S. The van der Waals surface area contributed by atoms with E-state index in [-0.39, 0.29) is 9.92 Å². The lowest BCUT2D eigenvalue weighted by molar-refractivity contribution is 0.480. The van der Waals surface area contributed by atoms with Gasteiger partial charge in [-0.15, -0.1) is 0 Å². The maximum Gasteiger partial charge on any atom is 0.242 e. The number of halogens is 2. The summed E-state index contributed by atoms with van der Waals surface area (Å²) in [6.07, 6.45) is 7.24. The highest BCUT2D eigenvalue weighted by Gasteiger charge is 2.18. The minimum absolute atomic E-state index is 0.142. The van der Waals surface area contributed by atoms with E-state index in [0.29, 0.717) is 6.54 Å². The highest BCUT2D eigenvalue weighted by molar-refractivity contribution is 9.10. The lowest BCUT2D eigenvalue weighted by Crippen LogP contribution is -2.25. The molecule has 0 unspecified atom stereocenters. The second-order valence-corrected chi connectivity index (χ2v) is 8.32. The van der Waals surface area contributed by atoms with Crippen LogP contribution >= 0.6 is 27.5 Å². The molecule has 1 aliphatic rings. The fraction of sp³-hybridized carbons (Fsp3) is 0.571. The van der Waals surface area contributed by atoms with Gasteiger partial charge in [0, 0.05) is 11.0 Å². The second-order valence-electron chi connectivity index (χ2n) is 5.27. The van der Waals surface area contributed by atoms with E-state index in [1.807, 2.05) is 0 Å². The maximum absolute atomic E-state index is 12.1. The number of benzene rings is 1. The van der Waals surface area contributed by atoms with Crippen molar-refractivity contribution in [3.63, 3.8) is 0 Å². The van der Waals surface area contributed by atoms with E-state index in [2.05, 4.69) is 20.7 Å². The third-order valence-corrected chi connectivity index (χ3v) is 6.18. The van der Waals surface area contributed by atoms with Gasteiger partial charge in [-0.05, 0) is 37.0 Å². The molecule has 20 heavy (non-hydrogen) atoms. The molecule has 0 heterocycles. The van der Waals surface area contributed by atoms with Crippen LogP contribution in [0.4, 0.5) is 0 Å². The summed E-state index contributed by atoms with van der Waals surface area (Å²) in [7, 11) is -3.51. The van der Waals surface area contributed by atoms with Gasteiger partial charge < -0.3 is 0 Å². The van der Waals surface area contributed by atoms with Crippen LogP contribution < -0.4 is 4.72 Å². The predicted molar refractivity (Wildman–Crippen MR) is 85.5 cm³/mol. The molecule has 0 bridgehead atoms. The molecule has 1 aromatic rings. The van der Waals surface area contributed by atoms with Crippen LogP contribution in [0.5, 0.6) is 0 Å². The first kappa shape index (κ1) is 16.3. The van der Waals surface area contributed by atoms with Crippen LogP contribution in [-0.4, -0.2) is 15.0 Å². The Bertz CT molecular complexity index is 556.